The number of aromatic carboxylic acids is 1. The first kappa shape index (κ1) is 22.6. The minimum Gasteiger partial charge on any atom is -0.508 e. The standard InChI is InChI=1S/C29H18O7/c30-24-8-11-25(12-9-24)35-28(33)22-5-2-18-15-23(6-3-17(18)14-22)29(34)36-26-10-7-19-13-21(27(31)32)4-1-20(19)16-26/h1-16,30H,(H,31,32). The quantitative estimate of drug-likeness (QED) is 0.241. The molecule has 7 heteroatoms. The number of carbonyl (C=O) groups is 3. The Morgan fingerprint density at radius 3 is 1.47 bits per heavy atom. The highest BCUT2D eigenvalue weighted by molar-refractivity contribution is 6.00. The fraction of sp³-hybridized carbons (Fsp3) is 0. The van der Waals surface area contributed by atoms with Gasteiger partial charge in [-0.3, -0.25) is 0 Å². The number of esters is 2. The monoisotopic (exact) mass is 478 g/mol. The number of hydrogen-bond donors (Lipinski definition) is 2. The number of benzene rings is 5. The van der Waals surface area contributed by atoms with E-state index in [1.165, 1.54) is 30.3 Å². The van der Waals surface area contributed by atoms with Crippen LogP contribution in [-0.4, -0.2) is 28.1 Å². The van der Waals surface area contributed by atoms with E-state index >= 15 is 0 Å². The largest absolute Gasteiger partial charge is 0.508 e. The topological polar surface area (TPSA) is 110 Å². The van der Waals surface area contributed by atoms with Crippen LogP contribution in [0.1, 0.15) is 31.1 Å². The maximum absolute atomic E-state index is 12.7. The van der Waals surface area contributed by atoms with E-state index in [2.05, 4.69) is 0 Å². The predicted molar refractivity (Wildman–Crippen MR) is 133 cm³/mol. The molecule has 0 fully saturated rings. The second kappa shape index (κ2) is 9.23. The van der Waals surface area contributed by atoms with Crippen LogP contribution >= 0.6 is 0 Å². The van der Waals surface area contributed by atoms with Crippen LogP contribution in [0.25, 0.3) is 21.5 Å². The van der Waals surface area contributed by atoms with E-state index in [1.54, 1.807) is 66.7 Å². The summed E-state index contributed by atoms with van der Waals surface area (Å²) in [6.07, 6.45) is 0. The molecule has 0 aromatic heterocycles. The van der Waals surface area contributed by atoms with Crippen LogP contribution in [0.5, 0.6) is 17.2 Å². The Bertz CT molecular complexity index is 1650. The fourth-order valence-corrected chi connectivity index (χ4v) is 3.77. The predicted octanol–water partition coefficient (Wildman–Crippen LogP) is 5.84. The Balaban J connectivity index is 1.32. The number of carboxylic acid groups (broad SMARTS) is 1. The highest BCUT2D eigenvalue weighted by atomic mass is 16.5. The van der Waals surface area contributed by atoms with Crippen molar-refractivity contribution in [3.8, 4) is 17.2 Å². The minimum atomic E-state index is -1.01. The van der Waals surface area contributed by atoms with E-state index in [4.69, 9.17) is 14.6 Å². The number of carboxylic acids is 1. The van der Waals surface area contributed by atoms with Gasteiger partial charge in [-0.05, 0) is 94.3 Å². The summed E-state index contributed by atoms with van der Waals surface area (Å²) >= 11 is 0. The molecule has 0 radical (unpaired) electrons. The van der Waals surface area contributed by atoms with Gasteiger partial charge in [0.05, 0.1) is 16.7 Å². The van der Waals surface area contributed by atoms with Gasteiger partial charge in [-0.1, -0.05) is 24.3 Å². The van der Waals surface area contributed by atoms with Crippen LogP contribution in [0, 0.1) is 0 Å². The summed E-state index contributed by atoms with van der Waals surface area (Å²) in [6, 6.07) is 25.5. The van der Waals surface area contributed by atoms with Crippen molar-refractivity contribution in [3.63, 3.8) is 0 Å². The van der Waals surface area contributed by atoms with E-state index in [9.17, 15) is 19.5 Å². The van der Waals surface area contributed by atoms with E-state index in [-0.39, 0.29) is 11.3 Å². The summed E-state index contributed by atoms with van der Waals surface area (Å²) < 4.78 is 10.9. The number of carbonyl (C=O) groups excluding carboxylic acids is 2. The maximum atomic E-state index is 12.7. The van der Waals surface area contributed by atoms with Crippen molar-refractivity contribution in [1.29, 1.82) is 0 Å². The van der Waals surface area contributed by atoms with Crippen LogP contribution in [0.2, 0.25) is 0 Å². The summed E-state index contributed by atoms with van der Waals surface area (Å²) in [6.45, 7) is 0. The third-order valence-electron chi connectivity index (χ3n) is 5.63. The molecule has 7 nitrogen and oxygen atoms in total. The van der Waals surface area contributed by atoms with Crippen molar-refractivity contribution < 1.29 is 34.1 Å². The van der Waals surface area contributed by atoms with Gasteiger partial charge in [-0.2, -0.15) is 0 Å². The number of hydrogen-bond acceptors (Lipinski definition) is 6. The van der Waals surface area contributed by atoms with E-state index in [0.717, 1.165) is 21.5 Å². The van der Waals surface area contributed by atoms with Crippen LogP contribution in [0.3, 0.4) is 0 Å². The average molecular weight is 478 g/mol. The Morgan fingerprint density at radius 1 is 0.500 bits per heavy atom. The lowest BCUT2D eigenvalue weighted by molar-refractivity contribution is 0.0693. The second-order valence-corrected chi connectivity index (χ2v) is 8.08. The number of rotatable bonds is 5. The first-order chi connectivity index (χ1) is 17.4. The second-order valence-electron chi connectivity index (χ2n) is 8.08. The molecule has 0 atom stereocenters. The molecule has 176 valence electrons. The Morgan fingerprint density at radius 2 is 0.917 bits per heavy atom. The molecule has 5 aromatic carbocycles. The summed E-state index contributed by atoms with van der Waals surface area (Å²) in [7, 11) is 0. The molecule has 0 aliphatic rings. The lowest BCUT2D eigenvalue weighted by Gasteiger charge is -2.08. The zero-order valence-corrected chi connectivity index (χ0v) is 18.7. The molecular weight excluding hydrogens is 460 g/mol. The molecule has 5 aromatic rings. The van der Waals surface area contributed by atoms with Gasteiger partial charge in [0.15, 0.2) is 0 Å². The van der Waals surface area contributed by atoms with Gasteiger partial charge in [-0.15, -0.1) is 0 Å². The van der Waals surface area contributed by atoms with Crippen LogP contribution in [0.4, 0.5) is 0 Å². The maximum Gasteiger partial charge on any atom is 0.343 e. The molecule has 36 heavy (non-hydrogen) atoms. The molecule has 0 amide bonds. The van der Waals surface area contributed by atoms with Crippen molar-refractivity contribution in [1.82, 2.24) is 0 Å². The van der Waals surface area contributed by atoms with Crippen LogP contribution in [0.15, 0.2) is 97.1 Å². The van der Waals surface area contributed by atoms with Gasteiger partial charge in [0.25, 0.3) is 0 Å². The molecule has 0 unspecified atom stereocenters. The number of ether oxygens (including phenoxy) is 2. The van der Waals surface area contributed by atoms with Crippen molar-refractivity contribution in [3.05, 3.63) is 114 Å². The molecule has 0 saturated carbocycles. The number of phenols is 1. The van der Waals surface area contributed by atoms with Gasteiger partial charge in [-0.25, -0.2) is 14.4 Å². The van der Waals surface area contributed by atoms with Crippen LogP contribution in [-0.2, 0) is 0 Å². The number of phenolic OH excluding ortho intramolecular Hbond substituents is 1. The first-order valence-corrected chi connectivity index (χ1v) is 10.9. The highest BCUT2D eigenvalue weighted by Gasteiger charge is 2.13. The molecule has 0 saturated heterocycles. The average Bonchev–Trinajstić information content (AvgIpc) is 2.89. The summed E-state index contributed by atoms with van der Waals surface area (Å²) in [5.74, 6) is -1.38. The molecule has 0 heterocycles. The SMILES string of the molecule is O=C(O)c1ccc2cc(OC(=O)c3ccc4cc(C(=O)Oc5ccc(O)cc5)ccc4c3)ccc2c1. The van der Waals surface area contributed by atoms with Crippen molar-refractivity contribution in [2.24, 2.45) is 0 Å². The third kappa shape index (κ3) is 4.71. The molecule has 2 N–H and O–H groups in total. The minimum absolute atomic E-state index is 0.0739. The lowest BCUT2D eigenvalue weighted by Crippen LogP contribution is -2.09. The van der Waals surface area contributed by atoms with Crippen molar-refractivity contribution in [2.45, 2.75) is 0 Å². The van der Waals surface area contributed by atoms with Crippen molar-refractivity contribution in [2.75, 3.05) is 0 Å². The van der Waals surface area contributed by atoms with Gasteiger partial charge in [0.2, 0.25) is 0 Å². The summed E-state index contributed by atoms with van der Waals surface area (Å²) in [5, 5.41) is 21.4. The highest BCUT2D eigenvalue weighted by Crippen LogP contribution is 2.25. The normalized spacial score (nSPS) is 10.8. The summed E-state index contributed by atoms with van der Waals surface area (Å²) in [4.78, 5) is 36.4. The Kier molecular flexibility index (Phi) is 5.80. The van der Waals surface area contributed by atoms with Gasteiger partial charge in [0.1, 0.15) is 17.2 Å². The van der Waals surface area contributed by atoms with E-state index in [1.807, 2.05) is 0 Å². The number of fused-ring (bicyclic) bond motifs is 2. The molecule has 5 rings (SSSR count). The molecule has 0 aliphatic heterocycles. The van der Waals surface area contributed by atoms with E-state index in [0.29, 0.717) is 22.6 Å². The van der Waals surface area contributed by atoms with Gasteiger partial charge in [0, 0.05) is 0 Å². The summed E-state index contributed by atoms with van der Waals surface area (Å²) in [5.41, 5.74) is 0.858. The molecule has 0 spiro atoms. The molecule has 0 bridgehead atoms. The Hall–Kier alpha value is -5.17. The molecular formula is C29H18O7. The first-order valence-electron chi connectivity index (χ1n) is 10.9. The van der Waals surface area contributed by atoms with Crippen molar-refractivity contribution >= 4 is 39.5 Å². The zero-order valence-electron chi connectivity index (χ0n) is 18.7. The molecule has 0 aliphatic carbocycles. The van der Waals surface area contributed by atoms with E-state index < -0.39 is 17.9 Å². The smallest absolute Gasteiger partial charge is 0.343 e. The van der Waals surface area contributed by atoms with Gasteiger partial charge >= 0.3 is 17.9 Å². The van der Waals surface area contributed by atoms with Gasteiger partial charge < -0.3 is 19.7 Å². The number of aromatic hydroxyl groups is 1. The third-order valence-corrected chi connectivity index (χ3v) is 5.63. The Labute approximate surface area is 204 Å². The zero-order chi connectivity index (χ0) is 25.2. The lowest BCUT2D eigenvalue weighted by atomic mass is 10.0. The van der Waals surface area contributed by atoms with Crippen LogP contribution < -0.4 is 9.47 Å². The fourth-order valence-electron chi connectivity index (χ4n) is 3.77.